The largest absolute Gasteiger partial charge is 0.374 e. The molecule has 2 rings (SSSR count). The van der Waals surface area contributed by atoms with Crippen LogP contribution in [0.5, 0.6) is 0 Å². The van der Waals surface area contributed by atoms with Crippen LogP contribution in [-0.4, -0.2) is 59.7 Å². The Balaban J connectivity index is 1.82. The molecule has 0 aliphatic carbocycles. The minimum atomic E-state index is -0.265. The van der Waals surface area contributed by atoms with Crippen LogP contribution in [-0.2, 0) is 4.74 Å². The fourth-order valence-corrected chi connectivity index (χ4v) is 2.01. The maximum Gasteiger partial charge on any atom is 0.271 e. The SMILES string of the molecule is CCN1CCOC(CNC(=O)c2cnc(NN)cn2)C1. The highest BCUT2D eigenvalue weighted by molar-refractivity contribution is 5.92. The van der Waals surface area contributed by atoms with E-state index in [-0.39, 0.29) is 17.7 Å². The molecule has 1 aliphatic heterocycles. The Morgan fingerprint density at radius 3 is 3.05 bits per heavy atom. The number of hydrazine groups is 1. The van der Waals surface area contributed by atoms with E-state index in [9.17, 15) is 4.79 Å². The van der Waals surface area contributed by atoms with Gasteiger partial charge < -0.3 is 15.5 Å². The van der Waals surface area contributed by atoms with E-state index in [2.05, 4.69) is 32.5 Å². The van der Waals surface area contributed by atoms with E-state index in [4.69, 9.17) is 10.6 Å². The maximum absolute atomic E-state index is 11.9. The van der Waals surface area contributed by atoms with Crippen molar-refractivity contribution in [2.45, 2.75) is 13.0 Å². The number of likely N-dealkylation sites (N-methyl/N-ethyl adjacent to an activating group) is 1. The monoisotopic (exact) mass is 280 g/mol. The second-order valence-corrected chi connectivity index (χ2v) is 4.53. The van der Waals surface area contributed by atoms with Crippen LogP contribution in [0, 0.1) is 0 Å². The number of hydrogen-bond donors (Lipinski definition) is 3. The van der Waals surface area contributed by atoms with Crippen LogP contribution in [0.3, 0.4) is 0 Å². The quantitative estimate of drug-likeness (QED) is 0.479. The standard InChI is InChI=1S/C12H20N6O2/c1-2-18-3-4-20-9(8-18)5-16-12(19)10-6-15-11(17-13)7-14-10/h6-7,9H,2-5,8,13H2,1H3,(H,15,17)(H,16,19). The molecule has 2 heterocycles. The second kappa shape index (κ2) is 7.13. The van der Waals surface area contributed by atoms with E-state index in [1.54, 1.807) is 0 Å². The molecule has 0 radical (unpaired) electrons. The summed E-state index contributed by atoms with van der Waals surface area (Å²) in [5.74, 6) is 5.33. The van der Waals surface area contributed by atoms with Crippen LogP contribution in [0.2, 0.25) is 0 Å². The Labute approximate surface area is 117 Å². The molecule has 0 saturated carbocycles. The number of carbonyl (C=O) groups is 1. The van der Waals surface area contributed by atoms with Gasteiger partial charge in [-0.2, -0.15) is 0 Å². The molecule has 110 valence electrons. The number of ether oxygens (including phenoxy) is 1. The van der Waals surface area contributed by atoms with E-state index in [1.165, 1.54) is 12.4 Å². The lowest BCUT2D eigenvalue weighted by molar-refractivity contribution is -0.0246. The molecule has 1 saturated heterocycles. The van der Waals surface area contributed by atoms with Crippen LogP contribution in [0.15, 0.2) is 12.4 Å². The molecule has 0 aromatic carbocycles. The van der Waals surface area contributed by atoms with Crippen LogP contribution in [0.4, 0.5) is 5.82 Å². The van der Waals surface area contributed by atoms with Crippen LogP contribution >= 0.6 is 0 Å². The lowest BCUT2D eigenvalue weighted by atomic mass is 10.2. The molecule has 1 aromatic rings. The molecule has 1 fully saturated rings. The minimum absolute atomic E-state index is 0.0191. The van der Waals surface area contributed by atoms with E-state index >= 15 is 0 Å². The molecule has 1 atom stereocenters. The number of anilines is 1. The van der Waals surface area contributed by atoms with Gasteiger partial charge in [-0.3, -0.25) is 9.69 Å². The maximum atomic E-state index is 11.9. The molecule has 0 bridgehead atoms. The number of carbonyl (C=O) groups excluding carboxylic acids is 1. The number of nitrogens with one attached hydrogen (secondary N) is 2. The Morgan fingerprint density at radius 1 is 1.55 bits per heavy atom. The number of morpholine rings is 1. The van der Waals surface area contributed by atoms with E-state index < -0.39 is 0 Å². The van der Waals surface area contributed by atoms with Gasteiger partial charge in [-0.25, -0.2) is 15.8 Å². The second-order valence-electron chi connectivity index (χ2n) is 4.53. The Bertz CT molecular complexity index is 438. The summed E-state index contributed by atoms with van der Waals surface area (Å²) in [7, 11) is 0. The third-order valence-electron chi connectivity index (χ3n) is 3.19. The summed E-state index contributed by atoms with van der Waals surface area (Å²) in [4.78, 5) is 22.1. The number of hydrogen-bond acceptors (Lipinski definition) is 7. The lowest BCUT2D eigenvalue weighted by Gasteiger charge is -2.32. The number of aromatic nitrogens is 2. The average molecular weight is 280 g/mol. The van der Waals surface area contributed by atoms with Gasteiger partial charge in [0.2, 0.25) is 0 Å². The molecule has 20 heavy (non-hydrogen) atoms. The summed E-state index contributed by atoms with van der Waals surface area (Å²) < 4.78 is 5.61. The van der Waals surface area contributed by atoms with Crippen molar-refractivity contribution in [1.29, 1.82) is 0 Å². The lowest BCUT2D eigenvalue weighted by Crippen LogP contribution is -2.47. The molecule has 4 N–H and O–H groups in total. The van der Waals surface area contributed by atoms with Gasteiger partial charge in [0.25, 0.3) is 5.91 Å². The zero-order valence-electron chi connectivity index (χ0n) is 11.5. The Kier molecular flexibility index (Phi) is 5.22. The van der Waals surface area contributed by atoms with Gasteiger partial charge in [0.15, 0.2) is 5.82 Å². The molecular formula is C12H20N6O2. The number of rotatable bonds is 5. The number of nitrogen functional groups attached to an aromatic ring is 1. The van der Waals surface area contributed by atoms with Gasteiger partial charge in [-0.1, -0.05) is 6.92 Å². The number of nitrogens with two attached hydrogens (primary N) is 1. The van der Waals surface area contributed by atoms with Crippen molar-refractivity contribution in [3.05, 3.63) is 18.1 Å². The number of amides is 1. The smallest absolute Gasteiger partial charge is 0.271 e. The minimum Gasteiger partial charge on any atom is -0.374 e. The average Bonchev–Trinajstić information content (AvgIpc) is 2.53. The first kappa shape index (κ1) is 14.6. The zero-order valence-corrected chi connectivity index (χ0v) is 11.5. The fourth-order valence-electron chi connectivity index (χ4n) is 2.01. The van der Waals surface area contributed by atoms with Crippen molar-refractivity contribution in [3.63, 3.8) is 0 Å². The van der Waals surface area contributed by atoms with E-state index in [0.717, 1.165) is 19.6 Å². The van der Waals surface area contributed by atoms with Gasteiger partial charge in [0, 0.05) is 19.6 Å². The van der Waals surface area contributed by atoms with Gasteiger partial charge in [0.1, 0.15) is 5.69 Å². The molecule has 1 amide bonds. The summed E-state index contributed by atoms with van der Waals surface area (Å²) in [6.07, 6.45) is 2.81. The van der Waals surface area contributed by atoms with Crippen molar-refractivity contribution in [1.82, 2.24) is 20.2 Å². The molecule has 0 spiro atoms. The summed E-state index contributed by atoms with van der Waals surface area (Å²) in [5, 5.41) is 2.81. The summed E-state index contributed by atoms with van der Waals surface area (Å²) in [6.45, 7) is 6.05. The van der Waals surface area contributed by atoms with Crippen LogP contribution in [0.25, 0.3) is 0 Å². The van der Waals surface area contributed by atoms with E-state index in [0.29, 0.717) is 19.0 Å². The predicted molar refractivity (Wildman–Crippen MR) is 74.0 cm³/mol. The summed E-state index contributed by atoms with van der Waals surface area (Å²) >= 11 is 0. The van der Waals surface area contributed by atoms with Crippen molar-refractivity contribution in [3.8, 4) is 0 Å². The zero-order chi connectivity index (χ0) is 14.4. The molecular weight excluding hydrogens is 260 g/mol. The third kappa shape index (κ3) is 3.86. The normalized spacial score (nSPS) is 19.6. The molecule has 8 nitrogen and oxygen atoms in total. The molecule has 8 heteroatoms. The molecule has 1 aliphatic rings. The predicted octanol–water partition coefficient (Wildman–Crippen LogP) is -0.787. The highest BCUT2D eigenvalue weighted by Gasteiger charge is 2.20. The highest BCUT2D eigenvalue weighted by Crippen LogP contribution is 2.04. The van der Waals surface area contributed by atoms with Gasteiger partial charge >= 0.3 is 0 Å². The first-order valence-corrected chi connectivity index (χ1v) is 6.63. The Morgan fingerprint density at radius 2 is 2.40 bits per heavy atom. The van der Waals surface area contributed by atoms with Crippen molar-refractivity contribution in [2.24, 2.45) is 5.84 Å². The molecule has 1 unspecified atom stereocenters. The summed E-state index contributed by atoms with van der Waals surface area (Å²) in [6, 6.07) is 0. The first-order valence-electron chi connectivity index (χ1n) is 6.63. The van der Waals surface area contributed by atoms with Gasteiger partial charge in [0.05, 0.1) is 25.1 Å². The van der Waals surface area contributed by atoms with Gasteiger partial charge in [-0.05, 0) is 6.54 Å². The first-order chi connectivity index (χ1) is 9.72. The fraction of sp³-hybridized carbons (Fsp3) is 0.583. The van der Waals surface area contributed by atoms with Gasteiger partial charge in [-0.15, -0.1) is 0 Å². The van der Waals surface area contributed by atoms with Crippen molar-refractivity contribution in [2.75, 3.05) is 38.2 Å². The van der Waals surface area contributed by atoms with E-state index in [1.807, 2.05) is 0 Å². The summed E-state index contributed by atoms with van der Waals surface area (Å²) in [5.41, 5.74) is 2.61. The third-order valence-corrected chi connectivity index (χ3v) is 3.19. The molecule has 1 aromatic heterocycles. The van der Waals surface area contributed by atoms with Crippen molar-refractivity contribution < 1.29 is 9.53 Å². The highest BCUT2D eigenvalue weighted by atomic mass is 16.5. The Hall–Kier alpha value is -1.77. The topological polar surface area (TPSA) is 105 Å². The van der Waals surface area contributed by atoms with Crippen molar-refractivity contribution >= 4 is 11.7 Å². The number of nitrogens with zero attached hydrogens (tertiary/aromatic N) is 3. The van der Waals surface area contributed by atoms with Crippen LogP contribution in [0.1, 0.15) is 17.4 Å². The van der Waals surface area contributed by atoms with Crippen LogP contribution < -0.4 is 16.6 Å².